The number of rotatable bonds is 2. The minimum atomic E-state index is 1.15. The summed E-state index contributed by atoms with van der Waals surface area (Å²) in [5.74, 6) is 0. The summed E-state index contributed by atoms with van der Waals surface area (Å²) >= 11 is 1.96. The summed E-state index contributed by atoms with van der Waals surface area (Å²) in [4.78, 5) is 4.14. The van der Waals surface area contributed by atoms with Crippen molar-refractivity contribution in [3.63, 3.8) is 0 Å². The molecule has 1 saturated heterocycles. The van der Waals surface area contributed by atoms with Crippen LogP contribution in [0.15, 0.2) is 30.3 Å². The molecule has 0 atom stereocenters. The lowest BCUT2D eigenvalue weighted by molar-refractivity contribution is 0.279. The average molecular weight is 245 g/mol. The van der Waals surface area contributed by atoms with Crippen molar-refractivity contribution in [2.45, 2.75) is 32.2 Å². The molecule has 1 nitrogen and oxygen atoms in total. The van der Waals surface area contributed by atoms with Crippen LogP contribution in [0.1, 0.15) is 30.6 Å². The van der Waals surface area contributed by atoms with Crippen molar-refractivity contribution in [2.24, 2.45) is 0 Å². The molecular weight excluding hydrogens is 226 g/mol. The van der Waals surface area contributed by atoms with E-state index in [4.69, 9.17) is 0 Å². The first-order valence-corrected chi connectivity index (χ1v) is 7.43. The van der Waals surface area contributed by atoms with Gasteiger partial charge in [0.05, 0.1) is 0 Å². The van der Waals surface area contributed by atoms with Gasteiger partial charge in [-0.2, -0.15) is 0 Å². The van der Waals surface area contributed by atoms with E-state index in [0.29, 0.717) is 0 Å². The molecule has 1 fully saturated rings. The van der Waals surface area contributed by atoms with E-state index in [1.807, 2.05) is 11.3 Å². The van der Waals surface area contributed by atoms with Crippen molar-refractivity contribution in [2.75, 3.05) is 13.1 Å². The van der Waals surface area contributed by atoms with E-state index in [0.717, 1.165) is 6.54 Å². The van der Waals surface area contributed by atoms with Gasteiger partial charge in [0, 0.05) is 16.1 Å². The van der Waals surface area contributed by atoms with Gasteiger partial charge in [-0.1, -0.05) is 31.0 Å². The molecular formula is C15H19NS. The van der Waals surface area contributed by atoms with Gasteiger partial charge in [0.15, 0.2) is 0 Å². The Morgan fingerprint density at radius 3 is 2.53 bits per heavy atom. The second-order valence-electron chi connectivity index (χ2n) is 4.94. The number of hydrogen-bond acceptors (Lipinski definition) is 2. The van der Waals surface area contributed by atoms with Gasteiger partial charge in [-0.15, -0.1) is 11.3 Å². The zero-order valence-corrected chi connectivity index (χ0v) is 11.0. The predicted molar refractivity (Wildman–Crippen MR) is 75.6 cm³/mol. The Bertz CT molecular complexity index is 447. The number of thiophene rings is 1. The lowest BCUT2D eigenvalue weighted by Crippen LogP contribution is -2.23. The highest BCUT2D eigenvalue weighted by atomic mass is 32.1. The molecule has 2 heteroatoms. The van der Waals surface area contributed by atoms with Crippen LogP contribution in [0.4, 0.5) is 0 Å². The highest BCUT2D eigenvalue weighted by Gasteiger charge is 2.10. The fraction of sp³-hybridized carbons (Fsp3) is 0.467. The molecule has 0 N–H and O–H groups in total. The standard InChI is InChI=1S/C15H19NS/c1-2-6-10-16(9-5-1)12-14-11-13-7-3-4-8-15(13)17-14/h3-4,7-8,11H,1-2,5-6,9-10,12H2. The number of likely N-dealkylation sites (tertiary alicyclic amines) is 1. The molecule has 0 bridgehead atoms. The maximum atomic E-state index is 2.62. The van der Waals surface area contributed by atoms with Gasteiger partial charge in [-0.25, -0.2) is 0 Å². The van der Waals surface area contributed by atoms with Gasteiger partial charge in [0.25, 0.3) is 0 Å². The van der Waals surface area contributed by atoms with Crippen molar-refractivity contribution >= 4 is 21.4 Å². The van der Waals surface area contributed by atoms with Gasteiger partial charge < -0.3 is 0 Å². The second-order valence-corrected chi connectivity index (χ2v) is 6.11. The van der Waals surface area contributed by atoms with Crippen molar-refractivity contribution < 1.29 is 0 Å². The smallest absolute Gasteiger partial charge is 0.0346 e. The molecule has 0 aliphatic carbocycles. The van der Waals surface area contributed by atoms with Crippen LogP contribution in [0, 0.1) is 0 Å². The molecule has 0 spiro atoms. The molecule has 3 rings (SSSR count). The number of benzene rings is 1. The summed E-state index contributed by atoms with van der Waals surface area (Å²) in [7, 11) is 0. The van der Waals surface area contributed by atoms with E-state index in [2.05, 4.69) is 35.2 Å². The Hall–Kier alpha value is -0.860. The van der Waals surface area contributed by atoms with Crippen LogP contribution in [-0.4, -0.2) is 18.0 Å². The third-order valence-electron chi connectivity index (χ3n) is 3.55. The Kier molecular flexibility index (Phi) is 3.44. The largest absolute Gasteiger partial charge is 0.298 e. The lowest BCUT2D eigenvalue weighted by atomic mass is 10.2. The summed E-state index contributed by atoms with van der Waals surface area (Å²) in [5, 5.41) is 1.40. The van der Waals surface area contributed by atoms with Gasteiger partial charge in [-0.3, -0.25) is 4.90 Å². The molecule has 0 saturated carbocycles. The zero-order chi connectivity index (χ0) is 11.5. The van der Waals surface area contributed by atoms with Crippen LogP contribution in [-0.2, 0) is 6.54 Å². The fourth-order valence-corrected chi connectivity index (χ4v) is 3.74. The van der Waals surface area contributed by atoms with E-state index in [1.54, 1.807) is 0 Å². The monoisotopic (exact) mass is 245 g/mol. The molecule has 1 aromatic carbocycles. The maximum absolute atomic E-state index is 2.62. The number of fused-ring (bicyclic) bond motifs is 1. The summed E-state index contributed by atoms with van der Waals surface area (Å²) in [6.45, 7) is 3.72. The van der Waals surface area contributed by atoms with Gasteiger partial charge >= 0.3 is 0 Å². The van der Waals surface area contributed by atoms with Crippen molar-refractivity contribution in [3.8, 4) is 0 Å². The normalized spacial score (nSPS) is 18.4. The van der Waals surface area contributed by atoms with Gasteiger partial charge in [0.2, 0.25) is 0 Å². The number of nitrogens with zero attached hydrogens (tertiary/aromatic N) is 1. The van der Waals surface area contributed by atoms with Crippen LogP contribution in [0.3, 0.4) is 0 Å². The fourth-order valence-electron chi connectivity index (χ4n) is 2.63. The van der Waals surface area contributed by atoms with Crippen molar-refractivity contribution in [1.82, 2.24) is 4.90 Å². The first kappa shape index (κ1) is 11.2. The first-order chi connectivity index (χ1) is 8.42. The first-order valence-electron chi connectivity index (χ1n) is 6.62. The van der Waals surface area contributed by atoms with Crippen LogP contribution in [0.2, 0.25) is 0 Å². The van der Waals surface area contributed by atoms with E-state index in [-0.39, 0.29) is 0 Å². The topological polar surface area (TPSA) is 3.24 Å². The summed E-state index contributed by atoms with van der Waals surface area (Å²) in [5.41, 5.74) is 0. The minimum absolute atomic E-state index is 1.15. The predicted octanol–water partition coefficient (Wildman–Crippen LogP) is 4.28. The zero-order valence-electron chi connectivity index (χ0n) is 10.2. The third kappa shape index (κ3) is 2.70. The molecule has 1 aliphatic rings. The molecule has 2 heterocycles. The Morgan fingerprint density at radius 2 is 1.76 bits per heavy atom. The summed E-state index contributed by atoms with van der Waals surface area (Å²) in [6, 6.07) is 11.1. The van der Waals surface area contributed by atoms with Gasteiger partial charge in [0.1, 0.15) is 0 Å². The van der Waals surface area contributed by atoms with E-state index in [1.165, 1.54) is 53.7 Å². The van der Waals surface area contributed by atoms with E-state index < -0.39 is 0 Å². The Balaban J connectivity index is 1.75. The molecule has 1 aromatic heterocycles. The van der Waals surface area contributed by atoms with Crippen LogP contribution < -0.4 is 0 Å². The maximum Gasteiger partial charge on any atom is 0.0346 e. The molecule has 1 aliphatic heterocycles. The highest BCUT2D eigenvalue weighted by Crippen LogP contribution is 2.26. The molecule has 0 radical (unpaired) electrons. The Morgan fingerprint density at radius 1 is 1.00 bits per heavy atom. The van der Waals surface area contributed by atoms with Gasteiger partial charge in [-0.05, 0) is 43.5 Å². The lowest BCUT2D eigenvalue weighted by Gasteiger charge is -2.18. The van der Waals surface area contributed by atoms with E-state index in [9.17, 15) is 0 Å². The molecule has 0 unspecified atom stereocenters. The third-order valence-corrected chi connectivity index (χ3v) is 4.66. The van der Waals surface area contributed by atoms with Crippen LogP contribution >= 0.6 is 11.3 Å². The Labute approximate surface area is 107 Å². The highest BCUT2D eigenvalue weighted by molar-refractivity contribution is 7.19. The van der Waals surface area contributed by atoms with Crippen LogP contribution in [0.25, 0.3) is 10.1 Å². The van der Waals surface area contributed by atoms with Crippen molar-refractivity contribution in [1.29, 1.82) is 0 Å². The molecule has 90 valence electrons. The van der Waals surface area contributed by atoms with E-state index >= 15 is 0 Å². The van der Waals surface area contributed by atoms with Crippen LogP contribution in [0.5, 0.6) is 0 Å². The summed E-state index contributed by atoms with van der Waals surface area (Å²) in [6.07, 6.45) is 5.60. The molecule has 2 aromatic rings. The molecule has 17 heavy (non-hydrogen) atoms. The summed E-state index contributed by atoms with van der Waals surface area (Å²) < 4.78 is 1.43. The quantitative estimate of drug-likeness (QED) is 0.763. The minimum Gasteiger partial charge on any atom is -0.298 e. The number of hydrogen-bond donors (Lipinski definition) is 0. The SMILES string of the molecule is c1ccc2sc(CN3CCCCCC3)cc2c1. The second kappa shape index (κ2) is 5.19. The average Bonchev–Trinajstić information content (AvgIpc) is 2.57. The van der Waals surface area contributed by atoms with Crippen molar-refractivity contribution in [3.05, 3.63) is 35.2 Å². The molecule has 0 amide bonds.